The van der Waals surface area contributed by atoms with E-state index < -0.39 is 26.8 Å². The predicted octanol–water partition coefficient (Wildman–Crippen LogP) is 0.658. The zero-order valence-corrected chi connectivity index (χ0v) is 11.2. The first-order valence-corrected chi connectivity index (χ1v) is 6.72. The molecule has 1 atom stereocenters. The number of benzene rings is 1. The van der Waals surface area contributed by atoms with E-state index in [-0.39, 0.29) is 10.6 Å². The van der Waals surface area contributed by atoms with Gasteiger partial charge < -0.3 is 10.6 Å². The van der Waals surface area contributed by atoms with Crippen LogP contribution in [0.15, 0.2) is 23.1 Å². The summed E-state index contributed by atoms with van der Waals surface area (Å²) in [6.07, 6.45) is 0. The molecule has 0 aromatic heterocycles. The highest BCUT2D eigenvalue weighted by Gasteiger charge is 2.31. The topological polar surface area (TPSA) is 80.5 Å². The number of carbonyl (C=O) groups is 1. The van der Waals surface area contributed by atoms with Crippen LogP contribution < -0.4 is 5.73 Å². The van der Waals surface area contributed by atoms with Crippen molar-refractivity contribution in [1.82, 2.24) is 4.90 Å². The summed E-state index contributed by atoms with van der Waals surface area (Å²) in [6.45, 7) is 1.27. The van der Waals surface area contributed by atoms with E-state index in [0.717, 1.165) is 12.1 Å². The molecular weight excluding hydrogens is 259 g/mol. The van der Waals surface area contributed by atoms with Gasteiger partial charge >= 0.3 is 0 Å². The van der Waals surface area contributed by atoms with Crippen LogP contribution >= 0.6 is 0 Å². The molecule has 5 nitrogen and oxygen atoms in total. The first-order valence-electron chi connectivity index (χ1n) is 5.18. The van der Waals surface area contributed by atoms with Crippen LogP contribution in [-0.2, 0) is 14.6 Å². The molecule has 1 rings (SSSR count). The van der Waals surface area contributed by atoms with Crippen LogP contribution in [0.1, 0.15) is 6.92 Å². The second-order valence-corrected chi connectivity index (χ2v) is 6.37. The molecule has 0 spiro atoms. The molecule has 1 amide bonds. The van der Waals surface area contributed by atoms with Crippen molar-refractivity contribution in [2.45, 2.75) is 17.1 Å². The Morgan fingerprint density at radius 3 is 2.39 bits per heavy atom. The van der Waals surface area contributed by atoms with Crippen LogP contribution in [0.5, 0.6) is 0 Å². The van der Waals surface area contributed by atoms with Crippen molar-refractivity contribution in [2.75, 3.05) is 19.8 Å². The van der Waals surface area contributed by atoms with Crippen LogP contribution in [0, 0.1) is 5.82 Å². The van der Waals surface area contributed by atoms with Crippen molar-refractivity contribution in [2.24, 2.45) is 0 Å². The first kappa shape index (κ1) is 14.4. The summed E-state index contributed by atoms with van der Waals surface area (Å²) >= 11 is 0. The molecular formula is C11H15FN2O3S. The minimum Gasteiger partial charge on any atom is -0.396 e. The van der Waals surface area contributed by atoms with Gasteiger partial charge in [-0.25, -0.2) is 12.8 Å². The third kappa shape index (κ3) is 2.61. The SMILES string of the molecule is CC(C(=O)N(C)C)S(=O)(=O)c1ccc(N)c(F)c1. The monoisotopic (exact) mass is 274 g/mol. The Morgan fingerprint density at radius 1 is 1.39 bits per heavy atom. The molecule has 100 valence electrons. The van der Waals surface area contributed by atoms with E-state index in [1.807, 2.05) is 0 Å². The number of hydrogen-bond donors (Lipinski definition) is 1. The lowest BCUT2D eigenvalue weighted by Gasteiger charge is -2.17. The maximum absolute atomic E-state index is 13.2. The van der Waals surface area contributed by atoms with E-state index in [2.05, 4.69) is 0 Å². The van der Waals surface area contributed by atoms with E-state index in [4.69, 9.17) is 5.73 Å². The minimum absolute atomic E-state index is 0.138. The Kier molecular flexibility index (Phi) is 3.95. The normalized spacial score (nSPS) is 13.1. The number of halogens is 1. The third-order valence-corrected chi connectivity index (χ3v) is 4.60. The molecule has 0 bridgehead atoms. The number of nitrogen functional groups attached to an aromatic ring is 1. The lowest BCUT2D eigenvalue weighted by molar-refractivity contribution is -0.127. The summed E-state index contributed by atoms with van der Waals surface area (Å²) in [7, 11) is -0.997. The molecule has 2 N–H and O–H groups in total. The van der Waals surface area contributed by atoms with Gasteiger partial charge in [0, 0.05) is 14.1 Å². The number of carbonyl (C=O) groups excluding carboxylic acids is 1. The third-order valence-electron chi connectivity index (χ3n) is 2.55. The van der Waals surface area contributed by atoms with Gasteiger partial charge in [-0.3, -0.25) is 4.79 Å². The summed E-state index contributed by atoms with van der Waals surface area (Å²) in [6, 6.07) is 3.17. The van der Waals surface area contributed by atoms with Gasteiger partial charge in [-0.2, -0.15) is 0 Å². The van der Waals surface area contributed by atoms with Gasteiger partial charge in [-0.15, -0.1) is 0 Å². The van der Waals surface area contributed by atoms with Crippen molar-refractivity contribution < 1.29 is 17.6 Å². The summed E-state index contributed by atoms with van der Waals surface area (Å²) in [5.41, 5.74) is 5.13. The summed E-state index contributed by atoms with van der Waals surface area (Å²) in [4.78, 5) is 12.6. The van der Waals surface area contributed by atoms with Crippen molar-refractivity contribution in [3.63, 3.8) is 0 Å². The highest BCUT2D eigenvalue weighted by molar-refractivity contribution is 7.92. The Balaban J connectivity index is 3.21. The maximum atomic E-state index is 13.2. The molecule has 0 saturated heterocycles. The van der Waals surface area contributed by atoms with Gasteiger partial charge in [-0.1, -0.05) is 0 Å². The van der Waals surface area contributed by atoms with E-state index in [0.29, 0.717) is 0 Å². The van der Waals surface area contributed by atoms with Gasteiger partial charge in [0.05, 0.1) is 10.6 Å². The Hall–Kier alpha value is -1.63. The zero-order chi connectivity index (χ0) is 14.1. The largest absolute Gasteiger partial charge is 0.396 e. The van der Waals surface area contributed by atoms with Crippen molar-refractivity contribution in [1.29, 1.82) is 0 Å². The molecule has 0 aliphatic rings. The Bertz CT molecular complexity index is 570. The smallest absolute Gasteiger partial charge is 0.240 e. The van der Waals surface area contributed by atoms with Gasteiger partial charge in [0.1, 0.15) is 11.1 Å². The molecule has 7 heteroatoms. The van der Waals surface area contributed by atoms with Crippen LogP contribution in [0.25, 0.3) is 0 Å². The number of amides is 1. The summed E-state index contributed by atoms with van der Waals surface area (Å²) in [5.74, 6) is -1.38. The van der Waals surface area contributed by atoms with E-state index in [9.17, 15) is 17.6 Å². The molecule has 0 heterocycles. The number of nitrogens with two attached hydrogens (primary N) is 1. The fourth-order valence-electron chi connectivity index (χ4n) is 1.39. The minimum atomic E-state index is -3.91. The highest BCUT2D eigenvalue weighted by Crippen LogP contribution is 2.21. The van der Waals surface area contributed by atoms with E-state index in [1.165, 1.54) is 32.0 Å². The van der Waals surface area contributed by atoms with Crippen LogP contribution in [0.2, 0.25) is 0 Å². The standard InChI is InChI=1S/C11H15FN2O3S/c1-7(11(15)14(2)3)18(16,17)8-4-5-10(13)9(12)6-8/h4-7H,13H2,1-3H3. The average Bonchev–Trinajstić information content (AvgIpc) is 2.30. The molecule has 0 fully saturated rings. The Labute approximate surface area is 105 Å². The number of sulfone groups is 1. The summed E-state index contributed by atoms with van der Waals surface area (Å²) in [5, 5.41) is -1.27. The molecule has 0 saturated carbocycles. The van der Waals surface area contributed by atoms with Crippen molar-refractivity contribution >= 4 is 21.4 Å². The van der Waals surface area contributed by atoms with Crippen LogP contribution in [0.3, 0.4) is 0 Å². The van der Waals surface area contributed by atoms with Gasteiger partial charge in [0.25, 0.3) is 0 Å². The van der Waals surface area contributed by atoms with Crippen LogP contribution in [-0.4, -0.2) is 38.6 Å². The molecule has 0 aliphatic carbocycles. The fraction of sp³-hybridized carbons (Fsp3) is 0.364. The highest BCUT2D eigenvalue weighted by atomic mass is 32.2. The lowest BCUT2D eigenvalue weighted by atomic mass is 10.3. The number of rotatable bonds is 3. The fourth-order valence-corrected chi connectivity index (χ4v) is 2.80. The molecule has 0 radical (unpaired) electrons. The van der Waals surface area contributed by atoms with Crippen molar-refractivity contribution in [3.05, 3.63) is 24.0 Å². The number of anilines is 1. The Morgan fingerprint density at radius 2 is 1.94 bits per heavy atom. The molecule has 1 aromatic carbocycles. The van der Waals surface area contributed by atoms with E-state index >= 15 is 0 Å². The van der Waals surface area contributed by atoms with E-state index in [1.54, 1.807) is 0 Å². The molecule has 0 aliphatic heterocycles. The number of hydrogen-bond acceptors (Lipinski definition) is 4. The number of nitrogens with zero attached hydrogens (tertiary/aromatic N) is 1. The van der Waals surface area contributed by atoms with Gasteiger partial charge in [-0.05, 0) is 25.1 Å². The van der Waals surface area contributed by atoms with Gasteiger partial charge in [0.2, 0.25) is 5.91 Å². The summed E-state index contributed by atoms with van der Waals surface area (Å²) < 4.78 is 37.4. The molecule has 1 aromatic rings. The lowest BCUT2D eigenvalue weighted by Crippen LogP contribution is -2.37. The van der Waals surface area contributed by atoms with Gasteiger partial charge in [0.15, 0.2) is 9.84 Å². The average molecular weight is 274 g/mol. The maximum Gasteiger partial charge on any atom is 0.240 e. The second-order valence-electron chi connectivity index (χ2n) is 4.10. The van der Waals surface area contributed by atoms with Crippen molar-refractivity contribution in [3.8, 4) is 0 Å². The first-order chi connectivity index (χ1) is 8.17. The second kappa shape index (κ2) is 4.93. The zero-order valence-electron chi connectivity index (χ0n) is 10.3. The quantitative estimate of drug-likeness (QED) is 0.821. The molecule has 18 heavy (non-hydrogen) atoms. The molecule has 1 unspecified atom stereocenters. The van der Waals surface area contributed by atoms with Crippen LogP contribution in [0.4, 0.5) is 10.1 Å². The predicted molar refractivity (Wildman–Crippen MR) is 66.2 cm³/mol.